The molecule has 0 rings (SSSR count). The van der Waals surface area contributed by atoms with Gasteiger partial charge in [0.25, 0.3) is 0 Å². The van der Waals surface area contributed by atoms with Crippen LogP contribution < -0.4 is 5.32 Å². The van der Waals surface area contributed by atoms with Crippen LogP contribution in [0, 0.1) is 10.8 Å². The third-order valence-corrected chi connectivity index (χ3v) is 3.39. The van der Waals surface area contributed by atoms with Crippen molar-refractivity contribution in [2.45, 2.75) is 74.8 Å². The molecule has 0 saturated carbocycles. The van der Waals surface area contributed by atoms with Crippen molar-refractivity contribution < 1.29 is 14.4 Å². The Kier molecular flexibility index (Phi) is 8.63. The summed E-state index contributed by atoms with van der Waals surface area (Å²) in [5.74, 6) is -0.237. The van der Waals surface area contributed by atoms with E-state index in [1.807, 2.05) is 41.5 Å². The number of hydrogen-bond donors (Lipinski definition) is 1. The monoisotopic (exact) mass is 285 g/mol. The second-order valence-electron chi connectivity index (χ2n) is 6.35. The summed E-state index contributed by atoms with van der Waals surface area (Å²) in [6.45, 7) is 15.9. The van der Waals surface area contributed by atoms with Crippen molar-refractivity contribution in [1.29, 1.82) is 0 Å². The molecule has 0 saturated heterocycles. The number of carbonyl (C=O) groups excluding carboxylic acids is 3. The van der Waals surface area contributed by atoms with Gasteiger partial charge in [0, 0.05) is 12.3 Å². The topological polar surface area (TPSA) is 63.2 Å². The maximum absolute atomic E-state index is 11.7. The van der Waals surface area contributed by atoms with Gasteiger partial charge in [0.05, 0.1) is 6.04 Å². The summed E-state index contributed by atoms with van der Waals surface area (Å²) in [6.07, 6.45) is 0.542. The van der Waals surface area contributed by atoms with Crippen LogP contribution in [0.25, 0.3) is 0 Å². The largest absolute Gasteiger partial charge is 0.346 e. The molecule has 0 aliphatic rings. The van der Waals surface area contributed by atoms with Crippen molar-refractivity contribution in [3.63, 3.8) is 0 Å². The molecule has 1 unspecified atom stereocenters. The highest BCUT2D eigenvalue weighted by Crippen LogP contribution is 2.37. The van der Waals surface area contributed by atoms with Crippen LogP contribution in [0.5, 0.6) is 0 Å². The molecule has 4 heteroatoms. The van der Waals surface area contributed by atoms with E-state index in [0.29, 0.717) is 6.42 Å². The van der Waals surface area contributed by atoms with E-state index in [0.717, 1.165) is 0 Å². The predicted molar refractivity (Wildman–Crippen MR) is 82.5 cm³/mol. The molecule has 4 nitrogen and oxygen atoms in total. The Balaban J connectivity index is 0. The Morgan fingerprint density at radius 1 is 0.950 bits per heavy atom. The van der Waals surface area contributed by atoms with E-state index in [4.69, 9.17) is 0 Å². The minimum absolute atomic E-state index is 0.0840. The number of nitrogens with one attached hydrogen (secondary N) is 1. The van der Waals surface area contributed by atoms with E-state index >= 15 is 0 Å². The molecule has 0 fully saturated rings. The van der Waals surface area contributed by atoms with Crippen LogP contribution >= 0.6 is 0 Å². The lowest BCUT2D eigenvalue weighted by molar-refractivity contribution is -0.131. The van der Waals surface area contributed by atoms with Gasteiger partial charge < -0.3 is 5.32 Å². The average molecular weight is 285 g/mol. The lowest BCUT2D eigenvalue weighted by Crippen LogP contribution is -2.50. The third-order valence-electron chi connectivity index (χ3n) is 3.39. The first kappa shape index (κ1) is 21.1. The van der Waals surface area contributed by atoms with Gasteiger partial charge in [0.15, 0.2) is 5.78 Å². The van der Waals surface area contributed by atoms with E-state index in [-0.39, 0.29) is 17.5 Å². The summed E-state index contributed by atoms with van der Waals surface area (Å²) in [5.41, 5.74) is -0.970. The predicted octanol–water partition coefficient (Wildman–Crippen LogP) is 3.14. The molecule has 0 aliphatic carbocycles. The quantitative estimate of drug-likeness (QED) is 0.815. The van der Waals surface area contributed by atoms with E-state index in [2.05, 4.69) is 5.32 Å². The Hall–Kier alpha value is -1.19. The third kappa shape index (κ3) is 6.83. The highest BCUT2D eigenvalue weighted by Gasteiger charge is 2.39. The molecule has 1 atom stereocenters. The van der Waals surface area contributed by atoms with E-state index in [9.17, 15) is 14.4 Å². The first-order chi connectivity index (χ1) is 8.90. The minimum atomic E-state index is -0.561. The van der Waals surface area contributed by atoms with Gasteiger partial charge in [-0.25, -0.2) is 0 Å². The van der Waals surface area contributed by atoms with E-state index < -0.39 is 16.9 Å². The van der Waals surface area contributed by atoms with Crippen LogP contribution in [-0.4, -0.2) is 23.5 Å². The molecule has 0 aromatic rings. The number of ketones is 2. The minimum Gasteiger partial charge on any atom is -0.346 e. The highest BCUT2D eigenvalue weighted by molar-refractivity contribution is 5.87. The summed E-state index contributed by atoms with van der Waals surface area (Å²) >= 11 is 0. The van der Waals surface area contributed by atoms with Gasteiger partial charge in [-0.05, 0) is 25.7 Å². The number of Topliss-reactive ketones (excluding diaryl/α,β-unsaturated/α-hetero) is 2. The summed E-state index contributed by atoms with van der Waals surface area (Å²) in [5, 5.41) is 2.68. The van der Waals surface area contributed by atoms with Gasteiger partial charge in [0.2, 0.25) is 5.91 Å². The Morgan fingerprint density at radius 3 is 1.60 bits per heavy atom. The lowest BCUT2D eigenvalue weighted by atomic mass is 9.69. The standard InChI is InChI=1S/C14H25NO3.C2H6/c1-9(16)12(15-11(3)18)14(6,7)8-13(4,5)10(2)17;1-2/h12H,8H2,1-7H3,(H,15,18);1-2H3. The van der Waals surface area contributed by atoms with Crippen molar-refractivity contribution in [2.75, 3.05) is 0 Å². The summed E-state index contributed by atoms with van der Waals surface area (Å²) in [6, 6.07) is -0.561. The van der Waals surface area contributed by atoms with Crippen molar-refractivity contribution in [2.24, 2.45) is 10.8 Å². The molecule has 0 spiro atoms. The first-order valence-electron chi connectivity index (χ1n) is 7.19. The van der Waals surface area contributed by atoms with E-state index in [1.165, 1.54) is 13.8 Å². The molecular formula is C16H31NO3. The second-order valence-corrected chi connectivity index (χ2v) is 6.35. The molecule has 0 aromatic carbocycles. The molecule has 0 radical (unpaired) electrons. The van der Waals surface area contributed by atoms with Crippen molar-refractivity contribution in [3.05, 3.63) is 0 Å². The Bertz CT molecular complexity index is 357. The van der Waals surface area contributed by atoms with Crippen molar-refractivity contribution >= 4 is 17.5 Å². The fourth-order valence-corrected chi connectivity index (χ4v) is 2.42. The van der Waals surface area contributed by atoms with Gasteiger partial charge >= 0.3 is 0 Å². The van der Waals surface area contributed by atoms with Crippen LogP contribution in [-0.2, 0) is 14.4 Å². The second kappa shape index (κ2) is 8.18. The van der Waals surface area contributed by atoms with Crippen molar-refractivity contribution in [1.82, 2.24) is 5.32 Å². The molecule has 20 heavy (non-hydrogen) atoms. The molecule has 1 amide bonds. The smallest absolute Gasteiger partial charge is 0.217 e. The molecule has 0 bridgehead atoms. The van der Waals surface area contributed by atoms with Gasteiger partial charge in [-0.1, -0.05) is 41.5 Å². The molecular weight excluding hydrogens is 254 g/mol. The normalized spacial score (nSPS) is 12.8. The number of carbonyl (C=O) groups is 3. The molecule has 0 aromatic heterocycles. The zero-order valence-corrected chi connectivity index (χ0v) is 14.5. The van der Waals surface area contributed by atoms with Gasteiger partial charge in [0.1, 0.15) is 5.78 Å². The zero-order valence-electron chi connectivity index (χ0n) is 14.5. The van der Waals surface area contributed by atoms with Crippen LogP contribution in [0.4, 0.5) is 0 Å². The summed E-state index contributed by atoms with van der Waals surface area (Å²) < 4.78 is 0. The Morgan fingerprint density at radius 2 is 1.35 bits per heavy atom. The van der Waals surface area contributed by atoms with Gasteiger partial charge in [-0.2, -0.15) is 0 Å². The van der Waals surface area contributed by atoms with E-state index in [1.54, 1.807) is 6.92 Å². The van der Waals surface area contributed by atoms with Crippen LogP contribution in [0.2, 0.25) is 0 Å². The Labute approximate surface area is 123 Å². The molecule has 0 heterocycles. The fourth-order valence-electron chi connectivity index (χ4n) is 2.42. The molecule has 118 valence electrons. The number of rotatable bonds is 6. The van der Waals surface area contributed by atoms with Crippen LogP contribution in [0.15, 0.2) is 0 Å². The fraction of sp³-hybridized carbons (Fsp3) is 0.812. The lowest BCUT2D eigenvalue weighted by Gasteiger charge is -2.38. The van der Waals surface area contributed by atoms with Crippen LogP contribution in [0.3, 0.4) is 0 Å². The number of amides is 1. The summed E-state index contributed by atoms with van der Waals surface area (Å²) in [4.78, 5) is 34.4. The highest BCUT2D eigenvalue weighted by atomic mass is 16.2. The first-order valence-corrected chi connectivity index (χ1v) is 7.19. The van der Waals surface area contributed by atoms with Gasteiger partial charge in [-0.15, -0.1) is 0 Å². The SMILES string of the molecule is CC.CC(=O)NC(C(C)=O)C(C)(C)CC(C)(C)C(C)=O. The maximum atomic E-state index is 11.7. The zero-order chi connectivity index (χ0) is 16.7. The van der Waals surface area contributed by atoms with Gasteiger partial charge in [-0.3, -0.25) is 14.4 Å². The van der Waals surface area contributed by atoms with Crippen molar-refractivity contribution in [3.8, 4) is 0 Å². The average Bonchev–Trinajstić information content (AvgIpc) is 2.26. The van der Waals surface area contributed by atoms with Crippen LogP contribution in [0.1, 0.15) is 68.7 Å². The molecule has 0 aliphatic heterocycles. The summed E-state index contributed by atoms with van der Waals surface area (Å²) in [7, 11) is 0. The number of hydrogen-bond acceptors (Lipinski definition) is 3. The molecule has 1 N–H and O–H groups in total. The maximum Gasteiger partial charge on any atom is 0.217 e.